The van der Waals surface area contributed by atoms with Crippen molar-refractivity contribution < 1.29 is 13.2 Å². The van der Waals surface area contributed by atoms with Crippen LogP contribution in [0.4, 0.5) is 13.2 Å². The summed E-state index contributed by atoms with van der Waals surface area (Å²) in [6.45, 7) is 0.376. The summed E-state index contributed by atoms with van der Waals surface area (Å²) in [6, 6.07) is 9.30. The fraction of sp³-hybridized carbons (Fsp3) is 0.188. The number of halogens is 3. The average molecular weight is 305 g/mol. The molecule has 3 aromatic rings. The van der Waals surface area contributed by atoms with Crippen LogP contribution in [-0.4, -0.2) is 9.55 Å². The first kappa shape index (κ1) is 14.6. The normalized spacial score (nSPS) is 12.0. The Kier molecular flexibility index (Phi) is 3.41. The van der Waals surface area contributed by atoms with Gasteiger partial charge in [-0.1, -0.05) is 12.1 Å². The van der Waals surface area contributed by atoms with E-state index in [0.29, 0.717) is 23.4 Å². The zero-order valence-electron chi connectivity index (χ0n) is 11.9. The van der Waals surface area contributed by atoms with E-state index in [1.807, 2.05) is 6.07 Å². The molecule has 0 amide bonds. The molecule has 0 bridgehead atoms. The van der Waals surface area contributed by atoms with Crippen LogP contribution < -0.4 is 5.73 Å². The van der Waals surface area contributed by atoms with Crippen molar-refractivity contribution in [1.29, 1.82) is 0 Å². The number of aromatic nitrogens is 2. The van der Waals surface area contributed by atoms with E-state index in [9.17, 15) is 13.2 Å². The summed E-state index contributed by atoms with van der Waals surface area (Å²) in [5.41, 5.74) is 7.54. The van der Waals surface area contributed by atoms with Crippen molar-refractivity contribution >= 4 is 10.9 Å². The maximum Gasteiger partial charge on any atom is 0.417 e. The van der Waals surface area contributed by atoms with Crippen LogP contribution in [0.2, 0.25) is 0 Å². The predicted octanol–water partition coefficient (Wildman–Crippen LogP) is 3.72. The first-order chi connectivity index (χ1) is 10.4. The Labute approximate surface area is 125 Å². The second-order valence-corrected chi connectivity index (χ2v) is 5.08. The van der Waals surface area contributed by atoms with Crippen molar-refractivity contribution in [3.05, 3.63) is 53.7 Å². The SMILES string of the molecule is Cn1c(-c2ccc(CN)cn2)cc2c(C(F)(F)F)cccc21. The average Bonchev–Trinajstić information content (AvgIpc) is 2.84. The number of alkyl halides is 3. The molecular weight excluding hydrogens is 291 g/mol. The lowest BCUT2D eigenvalue weighted by Crippen LogP contribution is -2.05. The number of hydrogen-bond donors (Lipinski definition) is 1. The zero-order chi connectivity index (χ0) is 15.9. The highest BCUT2D eigenvalue weighted by molar-refractivity contribution is 5.89. The molecule has 1 aromatic carbocycles. The third-order valence-electron chi connectivity index (χ3n) is 3.72. The Balaban J connectivity index is 2.21. The summed E-state index contributed by atoms with van der Waals surface area (Å²) in [7, 11) is 1.73. The fourth-order valence-corrected chi connectivity index (χ4v) is 2.55. The van der Waals surface area contributed by atoms with Gasteiger partial charge >= 0.3 is 6.18 Å². The van der Waals surface area contributed by atoms with E-state index in [-0.39, 0.29) is 5.39 Å². The predicted molar refractivity (Wildman–Crippen MR) is 79.0 cm³/mol. The second-order valence-electron chi connectivity index (χ2n) is 5.08. The van der Waals surface area contributed by atoms with Gasteiger partial charge < -0.3 is 10.3 Å². The van der Waals surface area contributed by atoms with Crippen LogP contribution in [0.1, 0.15) is 11.1 Å². The van der Waals surface area contributed by atoms with E-state index in [2.05, 4.69) is 4.98 Å². The number of aryl methyl sites for hydroxylation is 1. The molecule has 0 unspecified atom stereocenters. The Morgan fingerprint density at radius 3 is 2.55 bits per heavy atom. The minimum Gasteiger partial charge on any atom is -0.342 e. The number of benzene rings is 1. The van der Waals surface area contributed by atoms with Gasteiger partial charge in [0.25, 0.3) is 0 Å². The molecule has 2 aromatic heterocycles. The van der Waals surface area contributed by atoms with Crippen molar-refractivity contribution in [3.8, 4) is 11.4 Å². The highest BCUT2D eigenvalue weighted by Crippen LogP contribution is 2.37. The van der Waals surface area contributed by atoms with Crippen molar-refractivity contribution in [2.24, 2.45) is 12.8 Å². The summed E-state index contributed by atoms with van der Waals surface area (Å²) in [6.07, 6.45) is -2.74. The lowest BCUT2D eigenvalue weighted by Gasteiger charge is -2.08. The minimum absolute atomic E-state index is 0.178. The van der Waals surface area contributed by atoms with Gasteiger partial charge in [0.1, 0.15) is 0 Å². The molecule has 3 nitrogen and oxygen atoms in total. The summed E-state index contributed by atoms with van der Waals surface area (Å²) < 4.78 is 41.1. The summed E-state index contributed by atoms with van der Waals surface area (Å²) in [5, 5.41) is 0.178. The van der Waals surface area contributed by atoms with Gasteiger partial charge in [-0.15, -0.1) is 0 Å². The molecule has 0 saturated carbocycles. The topological polar surface area (TPSA) is 43.8 Å². The molecule has 0 aliphatic rings. The molecule has 0 aliphatic heterocycles. The largest absolute Gasteiger partial charge is 0.417 e. The number of pyridine rings is 1. The summed E-state index contributed by atoms with van der Waals surface area (Å²) >= 11 is 0. The number of nitrogens with zero attached hydrogens (tertiary/aromatic N) is 2. The van der Waals surface area contributed by atoms with Gasteiger partial charge in [-0.3, -0.25) is 4.98 Å². The number of rotatable bonds is 2. The number of hydrogen-bond acceptors (Lipinski definition) is 2. The Morgan fingerprint density at radius 2 is 1.95 bits per heavy atom. The van der Waals surface area contributed by atoms with E-state index in [1.165, 1.54) is 12.1 Å². The Hall–Kier alpha value is -2.34. The highest BCUT2D eigenvalue weighted by Gasteiger charge is 2.33. The first-order valence-corrected chi connectivity index (χ1v) is 6.73. The van der Waals surface area contributed by atoms with Crippen LogP contribution in [0.5, 0.6) is 0 Å². The van der Waals surface area contributed by atoms with Crippen LogP contribution in [0.3, 0.4) is 0 Å². The van der Waals surface area contributed by atoms with E-state index < -0.39 is 11.7 Å². The van der Waals surface area contributed by atoms with E-state index in [4.69, 9.17) is 5.73 Å². The molecule has 0 radical (unpaired) electrons. The van der Waals surface area contributed by atoms with Crippen molar-refractivity contribution in [3.63, 3.8) is 0 Å². The van der Waals surface area contributed by atoms with Crippen LogP contribution >= 0.6 is 0 Å². The number of fused-ring (bicyclic) bond motifs is 1. The van der Waals surface area contributed by atoms with E-state index in [0.717, 1.165) is 11.6 Å². The molecule has 6 heteroatoms. The molecule has 0 fully saturated rings. The minimum atomic E-state index is -4.38. The molecule has 114 valence electrons. The summed E-state index contributed by atoms with van der Waals surface area (Å²) in [4.78, 5) is 4.29. The van der Waals surface area contributed by atoms with Gasteiger partial charge in [0, 0.05) is 30.7 Å². The van der Waals surface area contributed by atoms with Gasteiger partial charge in [0.05, 0.1) is 17.0 Å². The molecule has 0 spiro atoms. The zero-order valence-corrected chi connectivity index (χ0v) is 11.9. The third kappa shape index (κ3) is 2.35. The molecule has 0 aliphatic carbocycles. The first-order valence-electron chi connectivity index (χ1n) is 6.73. The maximum atomic E-state index is 13.1. The quantitative estimate of drug-likeness (QED) is 0.784. The van der Waals surface area contributed by atoms with Gasteiger partial charge in [0.2, 0.25) is 0 Å². The lowest BCUT2D eigenvalue weighted by molar-refractivity contribution is -0.136. The van der Waals surface area contributed by atoms with E-state index >= 15 is 0 Å². The molecule has 2 N–H and O–H groups in total. The Morgan fingerprint density at radius 1 is 1.18 bits per heavy atom. The Bertz CT molecular complexity index is 817. The molecule has 0 saturated heterocycles. The van der Waals surface area contributed by atoms with Crippen LogP contribution in [0, 0.1) is 0 Å². The third-order valence-corrected chi connectivity index (χ3v) is 3.72. The van der Waals surface area contributed by atoms with E-state index in [1.54, 1.807) is 29.9 Å². The summed E-state index contributed by atoms with van der Waals surface area (Å²) in [5.74, 6) is 0. The molecular formula is C16H14F3N3. The molecule has 0 atom stereocenters. The standard InChI is InChI=1S/C16H14F3N3/c1-22-14-4-2-3-12(16(17,18)19)11(14)7-15(22)13-6-5-10(8-20)9-21-13/h2-7,9H,8,20H2,1H3. The molecule has 2 heterocycles. The van der Waals surface area contributed by atoms with Gasteiger partial charge in [-0.2, -0.15) is 13.2 Å². The van der Waals surface area contributed by atoms with Crippen molar-refractivity contribution in [1.82, 2.24) is 9.55 Å². The van der Waals surface area contributed by atoms with Crippen LogP contribution in [-0.2, 0) is 19.8 Å². The van der Waals surface area contributed by atoms with Gasteiger partial charge in [-0.05, 0) is 29.8 Å². The second kappa shape index (κ2) is 5.14. The van der Waals surface area contributed by atoms with Crippen molar-refractivity contribution in [2.75, 3.05) is 0 Å². The smallest absolute Gasteiger partial charge is 0.342 e. The fourth-order valence-electron chi connectivity index (χ4n) is 2.55. The number of nitrogens with two attached hydrogens (primary N) is 1. The highest BCUT2D eigenvalue weighted by atomic mass is 19.4. The van der Waals surface area contributed by atoms with Crippen molar-refractivity contribution in [2.45, 2.75) is 12.7 Å². The van der Waals surface area contributed by atoms with Gasteiger partial charge in [0.15, 0.2) is 0 Å². The lowest BCUT2D eigenvalue weighted by atomic mass is 10.1. The molecule has 3 rings (SSSR count). The van der Waals surface area contributed by atoms with Crippen LogP contribution in [0.15, 0.2) is 42.6 Å². The monoisotopic (exact) mass is 305 g/mol. The maximum absolute atomic E-state index is 13.1. The van der Waals surface area contributed by atoms with Crippen LogP contribution in [0.25, 0.3) is 22.3 Å². The van der Waals surface area contributed by atoms with Gasteiger partial charge in [-0.25, -0.2) is 0 Å². The molecule has 22 heavy (non-hydrogen) atoms.